The fourth-order valence-electron chi connectivity index (χ4n) is 4.40. The van der Waals surface area contributed by atoms with Crippen molar-refractivity contribution in [2.75, 3.05) is 46.3 Å². The number of nitrogens with one attached hydrogen (secondary N) is 6. The first-order chi connectivity index (χ1) is 25.8. The third kappa shape index (κ3) is 25.3. The summed E-state index contributed by atoms with van der Waals surface area (Å²) in [7, 11) is 0. The maximum Gasteiger partial charge on any atom is 0.407 e. The van der Waals surface area contributed by atoms with E-state index in [1.807, 2.05) is 13.8 Å². The molecule has 0 aromatic heterocycles. The van der Waals surface area contributed by atoms with Crippen molar-refractivity contribution in [1.29, 1.82) is 0 Å². The third-order valence-electron chi connectivity index (χ3n) is 7.26. The normalized spacial score (nSPS) is 12.4. The van der Waals surface area contributed by atoms with Crippen LogP contribution in [0.4, 0.5) is 19.2 Å². The van der Waals surface area contributed by atoms with Gasteiger partial charge >= 0.3 is 24.4 Å². The Hall–Kier alpha value is -4.68. The second-order valence-electron chi connectivity index (χ2n) is 11.3. The van der Waals surface area contributed by atoms with Crippen LogP contribution in [0.2, 0.25) is 0 Å². The van der Waals surface area contributed by atoms with Crippen LogP contribution in [0.1, 0.15) is 107 Å². The summed E-state index contributed by atoms with van der Waals surface area (Å²) in [6.45, 7) is 15.4. The number of carbonyl (C=O) groups is 8. The summed E-state index contributed by atoms with van der Waals surface area (Å²) in [6.07, 6.45) is 0.852. The molecule has 0 bridgehead atoms. The van der Waals surface area contributed by atoms with Gasteiger partial charge in [-0.25, -0.2) is 19.2 Å². The molecule has 312 valence electrons. The standard InChI is InChI=1S/C20H36N2O7.C15H28N4O6/c1-5-15(21-19(25)28-7-3)17(23)11-9-13-27-14-10-12-18(24)16(6-2)22-20(26)29-8-4;1-5-10(18-14(22)24-7-3)12(20)16-9-17-13(21)11(6-2)19-15(23)25-8-4/h15-16H,5-14H2,1-4H3,(H,21,25)(H,22,26);10-11H,5-9H2,1-4H3,(H,16,20)(H,17,21)(H,18,22)(H,19,23). The molecule has 6 N–H and O–H groups in total. The van der Waals surface area contributed by atoms with Crippen molar-refractivity contribution in [3.8, 4) is 0 Å². The molecule has 0 spiro atoms. The van der Waals surface area contributed by atoms with Crippen LogP contribution < -0.4 is 31.9 Å². The van der Waals surface area contributed by atoms with Crippen molar-refractivity contribution in [3.05, 3.63) is 0 Å². The molecule has 0 aromatic carbocycles. The molecule has 0 saturated carbocycles. The molecule has 0 aliphatic rings. The fourth-order valence-corrected chi connectivity index (χ4v) is 4.40. The average molecular weight is 777 g/mol. The van der Waals surface area contributed by atoms with Crippen molar-refractivity contribution in [2.24, 2.45) is 0 Å². The van der Waals surface area contributed by atoms with Gasteiger partial charge in [0.2, 0.25) is 11.8 Å². The van der Waals surface area contributed by atoms with E-state index in [4.69, 9.17) is 23.7 Å². The van der Waals surface area contributed by atoms with Gasteiger partial charge in [0.05, 0.1) is 45.2 Å². The van der Waals surface area contributed by atoms with E-state index < -0.39 is 60.4 Å². The van der Waals surface area contributed by atoms with Gasteiger partial charge in [0.25, 0.3) is 0 Å². The Morgan fingerprint density at radius 2 is 0.704 bits per heavy atom. The average Bonchev–Trinajstić information content (AvgIpc) is 3.13. The number of ether oxygens (including phenoxy) is 5. The highest BCUT2D eigenvalue weighted by molar-refractivity contribution is 5.89. The minimum atomic E-state index is -0.768. The summed E-state index contributed by atoms with van der Waals surface area (Å²) in [5, 5.41) is 14.9. The van der Waals surface area contributed by atoms with Crippen LogP contribution in [0.3, 0.4) is 0 Å². The number of hydrogen-bond acceptors (Lipinski definition) is 13. The van der Waals surface area contributed by atoms with E-state index in [0.29, 0.717) is 64.6 Å². The molecule has 0 rings (SSSR count). The fraction of sp³-hybridized carbons (Fsp3) is 0.771. The maximum atomic E-state index is 12.1. The first-order valence-electron chi connectivity index (χ1n) is 18.7. The molecular formula is C35H64N6O13. The van der Waals surface area contributed by atoms with E-state index in [2.05, 4.69) is 31.9 Å². The van der Waals surface area contributed by atoms with Crippen LogP contribution in [0.5, 0.6) is 0 Å². The van der Waals surface area contributed by atoms with Gasteiger partial charge in [-0.15, -0.1) is 0 Å². The highest BCUT2D eigenvalue weighted by Crippen LogP contribution is 2.04. The zero-order valence-electron chi connectivity index (χ0n) is 33.2. The molecule has 54 heavy (non-hydrogen) atoms. The van der Waals surface area contributed by atoms with Crippen LogP contribution in [0.25, 0.3) is 0 Å². The summed E-state index contributed by atoms with van der Waals surface area (Å²) in [6, 6.07) is -2.64. The van der Waals surface area contributed by atoms with Crippen LogP contribution in [-0.2, 0) is 42.9 Å². The molecule has 6 amide bonds. The lowest BCUT2D eigenvalue weighted by molar-refractivity contribution is -0.125. The molecule has 4 atom stereocenters. The van der Waals surface area contributed by atoms with Gasteiger partial charge < -0.3 is 55.6 Å². The molecule has 0 saturated heterocycles. The van der Waals surface area contributed by atoms with Crippen LogP contribution >= 0.6 is 0 Å². The number of carbonyl (C=O) groups excluding carboxylic acids is 8. The number of Topliss-reactive ketones (excluding diaryl/α,β-unsaturated/α-hetero) is 2. The maximum absolute atomic E-state index is 12.1. The molecule has 19 heteroatoms. The quantitative estimate of drug-likeness (QED) is 0.0420. The predicted octanol–water partition coefficient (Wildman–Crippen LogP) is 2.98. The van der Waals surface area contributed by atoms with Gasteiger partial charge in [-0.1, -0.05) is 27.7 Å². The Balaban J connectivity index is 0. The molecule has 0 aliphatic heterocycles. The van der Waals surface area contributed by atoms with E-state index >= 15 is 0 Å². The lowest BCUT2D eigenvalue weighted by Gasteiger charge is -2.19. The second kappa shape index (κ2) is 32.9. The van der Waals surface area contributed by atoms with E-state index in [-0.39, 0.29) is 44.7 Å². The highest BCUT2D eigenvalue weighted by Gasteiger charge is 2.22. The second-order valence-corrected chi connectivity index (χ2v) is 11.3. The number of amides is 6. The van der Waals surface area contributed by atoms with Crippen molar-refractivity contribution >= 4 is 47.8 Å². The van der Waals surface area contributed by atoms with E-state index in [9.17, 15) is 38.4 Å². The summed E-state index contributed by atoms with van der Waals surface area (Å²) in [5.41, 5.74) is 0. The Morgan fingerprint density at radius 1 is 0.426 bits per heavy atom. The predicted molar refractivity (Wildman–Crippen MR) is 197 cm³/mol. The summed E-state index contributed by atoms with van der Waals surface area (Å²) in [4.78, 5) is 93.7. The van der Waals surface area contributed by atoms with Gasteiger partial charge in [-0.2, -0.15) is 0 Å². The smallest absolute Gasteiger partial charge is 0.407 e. The molecule has 0 aliphatic carbocycles. The van der Waals surface area contributed by atoms with Crippen LogP contribution in [-0.4, -0.2) is 118 Å². The number of rotatable bonds is 26. The summed E-state index contributed by atoms with van der Waals surface area (Å²) >= 11 is 0. The Kier molecular flexibility index (Phi) is 31.4. The van der Waals surface area contributed by atoms with Gasteiger partial charge in [-0.3, -0.25) is 19.2 Å². The van der Waals surface area contributed by atoms with E-state index in [0.717, 1.165) is 0 Å². The van der Waals surface area contributed by atoms with Crippen molar-refractivity contribution in [3.63, 3.8) is 0 Å². The minimum absolute atomic E-state index is 0.0600. The number of hydrogen-bond donors (Lipinski definition) is 6. The Morgan fingerprint density at radius 3 is 0.963 bits per heavy atom. The molecule has 0 aromatic rings. The Bertz CT molecular complexity index is 1060. The molecule has 0 heterocycles. The monoisotopic (exact) mass is 776 g/mol. The minimum Gasteiger partial charge on any atom is -0.450 e. The largest absolute Gasteiger partial charge is 0.450 e. The first-order valence-corrected chi connectivity index (χ1v) is 18.7. The zero-order chi connectivity index (χ0) is 41.3. The van der Waals surface area contributed by atoms with Gasteiger partial charge in [0.15, 0.2) is 11.6 Å². The van der Waals surface area contributed by atoms with Gasteiger partial charge in [0.1, 0.15) is 12.1 Å². The first kappa shape index (κ1) is 51.4. The van der Waals surface area contributed by atoms with Crippen molar-refractivity contribution < 1.29 is 62.0 Å². The van der Waals surface area contributed by atoms with E-state index in [1.165, 1.54) is 0 Å². The van der Waals surface area contributed by atoms with Crippen LogP contribution in [0, 0.1) is 0 Å². The topological polar surface area (TPSA) is 255 Å². The van der Waals surface area contributed by atoms with Gasteiger partial charge in [0, 0.05) is 26.1 Å². The van der Waals surface area contributed by atoms with Crippen LogP contribution in [0.15, 0.2) is 0 Å². The van der Waals surface area contributed by atoms with Crippen molar-refractivity contribution in [1.82, 2.24) is 31.9 Å². The summed E-state index contributed by atoms with van der Waals surface area (Å²) < 4.78 is 24.5. The number of ketones is 2. The zero-order valence-corrected chi connectivity index (χ0v) is 33.2. The lowest BCUT2D eigenvalue weighted by atomic mass is 10.1. The Labute approximate surface area is 318 Å². The lowest BCUT2D eigenvalue weighted by Crippen LogP contribution is -2.52. The summed E-state index contributed by atoms with van der Waals surface area (Å²) in [5.74, 6) is -1.03. The highest BCUT2D eigenvalue weighted by atomic mass is 16.6. The SMILES string of the molecule is CCOC(=O)NC(CC)C(=O)CCCOCCCC(=O)C(CC)NC(=O)OCC.CCOC(=O)NC(CC)C(=O)NCNC(=O)C(CC)NC(=O)OCC. The third-order valence-corrected chi connectivity index (χ3v) is 7.26. The van der Waals surface area contributed by atoms with E-state index in [1.54, 1.807) is 41.5 Å². The molecule has 19 nitrogen and oxygen atoms in total. The number of alkyl carbamates (subject to hydrolysis) is 4. The molecular weight excluding hydrogens is 712 g/mol. The van der Waals surface area contributed by atoms with Gasteiger partial charge in [-0.05, 0) is 66.2 Å². The van der Waals surface area contributed by atoms with Crippen molar-refractivity contribution in [2.45, 2.75) is 131 Å². The molecule has 0 radical (unpaired) electrons. The molecule has 4 unspecified atom stereocenters. The molecule has 0 fully saturated rings.